The maximum Gasteiger partial charge on any atom is 0.342 e. The first-order chi connectivity index (χ1) is 20.1. The number of hydrogen-bond donors (Lipinski definition) is 6. The number of anilines is 1. The van der Waals surface area contributed by atoms with E-state index in [2.05, 4.69) is 25.1 Å². The van der Waals surface area contributed by atoms with Gasteiger partial charge in [0.05, 0.1) is 27.2 Å². The molecule has 7 N–H and O–H groups in total. The number of methoxy groups -OCH3 is 2. The Morgan fingerprint density at radius 3 is 2.21 bits per heavy atom. The van der Waals surface area contributed by atoms with Crippen molar-refractivity contribution in [2.75, 3.05) is 26.6 Å². The number of hydrogen-bond acceptors (Lipinski definition) is 13. The van der Waals surface area contributed by atoms with Crippen LogP contribution in [0.5, 0.6) is 0 Å². The van der Waals surface area contributed by atoms with Gasteiger partial charge in [0.1, 0.15) is 29.9 Å². The van der Waals surface area contributed by atoms with Crippen molar-refractivity contribution in [1.29, 1.82) is 0 Å². The second kappa shape index (κ2) is 13.8. The van der Waals surface area contributed by atoms with Gasteiger partial charge in [0.25, 0.3) is 5.56 Å². The quantitative estimate of drug-likeness (QED) is 0.120. The van der Waals surface area contributed by atoms with Crippen molar-refractivity contribution in [3.8, 4) is 0 Å². The summed E-state index contributed by atoms with van der Waals surface area (Å²) in [7, 11) is -1.94. The van der Waals surface area contributed by atoms with E-state index in [1.54, 1.807) is 13.8 Å². The van der Waals surface area contributed by atoms with Gasteiger partial charge in [-0.3, -0.25) is 28.5 Å². The molecule has 1 fully saturated rings. The average Bonchev–Trinajstić information content (AvgIpc) is 3.49. The summed E-state index contributed by atoms with van der Waals surface area (Å²) in [5, 5.41) is 27.7. The van der Waals surface area contributed by atoms with Crippen LogP contribution < -0.4 is 21.5 Å². The Balaban J connectivity index is 1.95. The van der Waals surface area contributed by atoms with E-state index in [4.69, 9.17) is 24.5 Å². The maximum absolute atomic E-state index is 14.4. The minimum atomic E-state index is -4.32. The van der Waals surface area contributed by atoms with E-state index >= 15 is 0 Å². The number of aromatic nitrogens is 4. The minimum absolute atomic E-state index is 0.00163. The zero-order valence-electron chi connectivity index (χ0n) is 25.3. The van der Waals surface area contributed by atoms with Gasteiger partial charge >= 0.3 is 19.6 Å². The number of nitrogen functional groups attached to an aromatic ring is 1. The van der Waals surface area contributed by atoms with Gasteiger partial charge in [-0.2, -0.15) is 4.98 Å². The molecule has 2 aromatic heterocycles. The second-order valence-corrected chi connectivity index (χ2v) is 12.7. The van der Waals surface area contributed by atoms with Crippen molar-refractivity contribution in [2.45, 2.75) is 83.6 Å². The SMILES string of the molecule is CC[C@H](C)C(NP(=O)(NC(C(=O)OC)[C@@H](C)CC)OC[C@H]1OC(n2cnc3c(=O)[nH]c(N)nc32)C(C)(O)C1O)C(=O)OC. The van der Waals surface area contributed by atoms with Crippen LogP contribution in [0, 0.1) is 11.8 Å². The van der Waals surface area contributed by atoms with Crippen LogP contribution >= 0.6 is 7.67 Å². The van der Waals surface area contributed by atoms with Crippen molar-refractivity contribution in [3.63, 3.8) is 0 Å². The number of carbonyl (C=O) groups is 2. The Hall–Kier alpha value is -2.92. The Morgan fingerprint density at radius 1 is 1.19 bits per heavy atom. The summed E-state index contributed by atoms with van der Waals surface area (Å²) in [4.78, 5) is 48.0. The van der Waals surface area contributed by atoms with Crippen LogP contribution in [-0.4, -0.2) is 92.4 Å². The number of aromatic amines is 1. The summed E-state index contributed by atoms with van der Waals surface area (Å²) < 4.78 is 37.2. The zero-order chi connectivity index (χ0) is 32.3. The maximum atomic E-state index is 14.4. The number of H-pyrrole nitrogens is 1. The lowest BCUT2D eigenvalue weighted by Gasteiger charge is -2.32. The molecule has 1 aliphatic rings. The molecular formula is C25H42N7O10P. The highest BCUT2D eigenvalue weighted by Gasteiger charge is 2.54. The molecule has 5 unspecified atom stereocenters. The third-order valence-corrected chi connectivity index (χ3v) is 9.58. The zero-order valence-corrected chi connectivity index (χ0v) is 26.2. The van der Waals surface area contributed by atoms with Crippen molar-refractivity contribution < 1.29 is 43.1 Å². The van der Waals surface area contributed by atoms with Crippen LogP contribution in [0.25, 0.3) is 11.2 Å². The van der Waals surface area contributed by atoms with Crippen LogP contribution in [0.15, 0.2) is 11.1 Å². The number of esters is 2. The van der Waals surface area contributed by atoms with E-state index < -0.39 is 67.9 Å². The Morgan fingerprint density at radius 2 is 1.72 bits per heavy atom. The van der Waals surface area contributed by atoms with Crippen molar-refractivity contribution in [3.05, 3.63) is 16.7 Å². The molecule has 43 heavy (non-hydrogen) atoms. The molecule has 3 heterocycles. The van der Waals surface area contributed by atoms with Gasteiger partial charge in [0.2, 0.25) is 5.95 Å². The van der Waals surface area contributed by atoms with E-state index in [-0.39, 0.29) is 28.9 Å². The second-order valence-electron chi connectivity index (χ2n) is 10.9. The van der Waals surface area contributed by atoms with E-state index in [1.807, 2.05) is 13.8 Å². The fraction of sp³-hybridized carbons (Fsp3) is 0.720. The third-order valence-electron chi connectivity index (χ3n) is 7.83. The topological polar surface area (TPSA) is 242 Å². The number of nitrogens with zero attached hydrogens (tertiary/aromatic N) is 3. The number of fused-ring (bicyclic) bond motifs is 1. The van der Waals surface area contributed by atoms with Gasteiger partial charge in [-0.25, -0.2) is 15.2 Å². The Labute approximate surface area is 248 Å². The molecule has 17 nitrogen and oxygen atoms in total. The highest BCUT2D eigenvalue weighted by Crippen LogP contribution is 2.45. The summed E-state index contributed by atoms with van der Waals surface area (Å²) in [6.07, 6.45) is -1.98. The number of aliphatic hydroxyl groups is 2. The summed E-state index contributed by atoms with van der Waals surface area (Å²) in [5.41, 5.74) is 3.03. The van der Waals surface area contributed by atoms with Crippen LogP contribution in [0.3, 0.4) is 0 Å². The molecule has 2 aromatic rings. The van der Waals surface area contributed by atoms with Crippen molar-refractivity contribution in [2.24, 2.45) is 11.8 Å². The van der Waals surface area contributed by atoms with Gasteiger partial charge in [-0.05, 0) is 18.8 Å². The predicted octanol–water partition coefficient (Wildman–Crippen LogP) is 0.190. The number of ether oxygens (including phenoxy) is 3. The van der Waals surface area contributed by atoms with Gasteiger partial charge in [-0.1, -0.05) is 40.5 Å². The highest BCUT2D eigenvalue weighted by molar-refractivity contribution is 7.54. The number of carbonyl (C=O) groups excluding carboxylic acids is 2. The largest absolute Gasteiger partial charge is 0.468 e. The number of imidazole rings is 1. The molecule has 0 aliphatic carbocycles. The molecule has 0 spiro atoms. The lowest BCUT2D eigenvalue weighted by molar-refractivity contribution is -0.144. The fourth-order valence-electron chi connectivity index (χ4n) is 4.70. The van der Waals surface area contributed by atoms with Gasteiger partial charge in [0, 0.05) is 0 Å². The van der Waals surface area contributed by atoms with Gasteiger partial charge < -0.3 is 34.7 Å². The lowest BCUT2D eigenvalue weighted by atomic mass is 9.96. The molecule has 0 radical (unpaired) electrons. The van der Waals surface area contributed by atoms with Gasteiger partial charge in [-0.15, -0.1) is 0 Å². The number of nitrogens with one attached hydrogen (secondary N) is 3. The molecule has 8 atom stereocenters. The van der Waals surface area contributed by atoms with Crippen molar-refractivity contribution in [1.82, 2.24) is 29.7 Å². The molecule has 18 heteroatoms. The van der Waals surface area contributed by atoms with Crippen molar-refractivity contribution >= 4 is 36.7 Å². The van der Waals surface area contributed by atoms with Crippen LogP contribution in [0.4, 0.5) is 5.95 Å². The molecular weight excluding hydrogens is 589 g/mol. The van der Waals surface area contributed by atoms with E-state index in [0.29, 0.717) is 12.8 Å². The van der Waals surface area contributed by atoms with Gasteiger partial charge in [0.15, 0.2) is 17.4 Å². The van der Waals surface area contributed by atoms with Crippen LogP contribution in [0.2, 0.25) is 0 Å². The number of aliphatic hydroxyl groups excluding tert-OH is 1. The lowest BCUT2D eigenvalue weighted by Crippen LogP contribution is -2.49. The Kier molecular flexibility index (Phi) is 11.1. The average molecular weight is 632 g/mol. The summed E-state index contributed by atoms with van der Waals surface area (Å²) in [5.74, 6) is -2.32. The molecule has 0 amide bonds. The Bertz CT molecular complexity index is 1360. The first-order valence-electron chi connectivity index (χ1n) is 13.9. The first-order valence-corrected chi connectivity index (χ1v) is 15.5. The summed E-state index contributed by atoms with van der Waals surface area (Å²) in [6.45, 7) is 7.89. The molecule has 0 saturated carbocycles. The van der Waals surface area contributed by atoms with E-state index in [0.717, 1.165) is 0 Å². The van der Waals surface area contributed by atoms with E-state index in [1.165, 1.54) is 32.0 Å². The standard InChI is InChI=1S/C25H42N7O10P/c1-8-12(3)15(21(35)39-6)30-43(38,31-16(13(4)9-2)22(36)40-7)41-10-14-18(33)25(5,37)23(42-14)32-11-27-17-19(32)28-24(26)29-20(17)34/h11-16,18,23,33,37H,8-10H2,1-7H3,(H2,30,31,38)(H3,26,28,29,34)/t12-,13-,14+,15?,16?,18?,23?,25?,43?/m0/s1. The van der Waals surface area contributed by atoms with Crippen LogP contribution in [-0.2, 0) is 32.9 Å². The molecule has 0 bridgehead atoms. The van der Waals surface area contributed by atoms with E-state index in [9.17, 15) is 29.2 Å². The third kappa shape index (κ3) is 7.25. The highest BCUT2D eigenvalue weighted by atomic mass is 31.2. The predicted molar refractivity (Wildman–Crippen MR) is 153 cm³/mol. The summed E-state index contributed by atoms with van der Waals surface area (Å²) >= 11 is 0. The van der Waals surface area contributed by atoms with Crippen LogP contribution in [0.1, 0.15) is 53.7 Å². The molecule has 0 aromatic carbocycles. The monoisotopic (exact) mass is 631 g/mol. The molecule has 3 rings (SSSR count). The molecule has 1 saturated heterocycles. The molecule has 242 valence electrons. The molecule has 1 aliphatic heterocycles. The first kappa shape index (κ1) is 34.6. The minimum Gasteiger partial charge on any atom is -0.468 e. The fourth-order valence-corrected chi connectivity index (χ4v) is 6.73. The smallest absolute Gasteiger partial charge is 0.342 e. The number of nitrogens with two attached hydrogens (primary N) is 1. The number of rotatable bonds is 14. The normalized spacial score (nSPS) is 26.4. The summed E-state index contributed by atoms with van der Waals surface area (Å²) in [6, 6.07) is -2.19.